The highest BCUT2D eigenvalue weighted by molar-refractivity contribution is 9.10. The Morgan fingerprint density at radius 2 is 1.77 bits per heavy atom. The molecule has 0 radical (unpaired) electrons. The van der Waals surface area contributed by atoms with E-state index in [1.54, 1.807) is 6.08 Å². The van der Waals surface area contributed by atoms with E-state index in [1.807, 2.05) is 36.4 Å². The molecule has 0 nitrogen and oxygen atoms in total. The molecule has 1 aromatic carbocycles. The molecule has 66 valence electrons. The van der Waals surface area contributed by atoms with E-state index >= 15 is 0 Å². The van der Waals surface area contributed by atoms with Gasteiger partial charge in [-0.05, 0) is 23.3 Å². The van der Waals surface area contributed by atoms with Gasteiger partial charge in [0.2, 0.25) is 0 Å². The summed E-state index contributed by atoms with van der Waals surface area (Å²) in [5, 5.41) is 0. The maximum atomic E-state index is 3.75. The van der Waals surface area contributed by atoms with E-state index in [9.17, 15) is 0 Å². The van der Waals surface area contributed by atoms with Crippen LogP contribution in [0.2, 0.25) is 0 Å². The minimum absolute atomic E-state index is 1.08. The van der Waals surface area contributed by atoms with Crippen LogP contribution in [0.5, 0.6) is 0 Å². The molecule has 13 heavy (non-hydrogen) atoms. The highest BCUT2D eigenvalue weighted by Crippen LogP contribution is 2.18. The Morgan fingerprint density at radius 1 is 1.15 bits per heavy atom. The van der Waals surface area contributed by atoms with Gasteiger partial charge in [0.05, 0.1) is 0 Å². The van der Waals surface area contributed by atoms with Crippen LogP contribution in [0.1, 0.15) is 5.56 Å². The fraction of sp³-hybridized carbons (Fsp3) is 0. The molecule has 0 atom stereocenters. The third kappa shape index (κ3) is 2.71. The minimum Gasteiger partial charge on any atom is -0.0990 e. The number of halogens is 1. The van der Waals surface area contributed by atoms with Crippen molar-refractivity contribution in [1.29, 1.82) is 0 Å². The second kappa shape index (κ2) is 4.83. The summed E-state index contributed by atoms with van der Waals surface area (Å²) in [7, 11) is 0. The Kier molecular flexibility index (Phi) is 3.71. The highest BCUT2D eigenvalue weighted by atomic mass is 79.9. The zero-order chi connectivity index (χ0) is 9.68. The third-order valence-corrected chi connectivity index (χ3v) is 2.22. The van der Waals surface area contributed by atoms with Crippen LogP contribution in [0.25, 0.3) is 5.57 Å². The summed E-state index contributed by atoms with van der Waals surface area (Å²) >= 11 is 3.39. The lowest BCUT2D eigenvalue weighted by atomic mass is 10.1. The van der Waals surface area contributed by atoms with E-state index in [1.165, 1.54) is 0 Å². The topological polar surface area (TPSA) is 0 Å². The minimum atomic E-state index is 1.08. The van der Waals surface area contributed by atoms with Crippen LogP contribution in [0.3, 0.4) is 0 Å². The van der Waals surface area contributed by atoms with Gasteiger partial charge in [0.25, 0.3) is 0 Å². The van der Waals surface area contributed by atoms with Crippen molar-refractivity contribution >= 4 is 21.5 Å². The molecular weight excluding hydrogens is 224 g/mol. The van der Waals surface area contributed by atoms with E-state index in [2.05, 4.69) is 29.1 Å². The first kappa shape index (κ1) is 10.0. The predicted molar refractivity (Wildman–Crippen MR) is 62.5 cm³/mol. The molecule has 1 heteroatoms. The number of benzene rings is 1. The van der Waals surface area contributed by atoms with Gasteiger partial charge in [-0.2, -0.15) is 0 Å². The molecule has 0 aliphatic carbocycles. The molecule has 0 bridgehead atoms. The molecule has 0 fully saturated rings. The summed E-state index contributed by atoms with van der Waals surface area (Å²) in [5.41, 5.74) is 2.24. The zero-order valence-electron chi connectivity index (χ0n) is 7.33. The monoisotopic (exact) mass is 234 g/mol. The van der Waals surface area contributed by atoms with Gasteiger partial charge in [0, 0.05) is 4.47 Å². The lowest BCUT2D eigenvalue weighted by molar-refractivity contribution is 1.58. The van der Waals surface area contributed by atoms with E-state index in [0.29, 0.717) is 0 Å². The van der Waals surface area contributed by atoms with Crippen molar-refractivity contribution in [2.75, 3.05) is 0 Å². The fourth-order valence-electron chi connectivity index (χ4n) is 1.05. The Morgan fingerprint density at radius 3 is 2.23 bits per heavy atom. The predicted octanol–water partition coefficient (Wildman–Crippen LogP) is 4.20. The molecule has 0 saturated carbocycles. The maximum Gasteiger partial charge on any atom is 0.0175 e. The number of hydrogen-bond donors (Lipinski definition) is 0. The van der Waals surface area contributed by atoms with Crippen molar-refractivity contribution in [3.63, 3.8) is 0 Å². The van der Waals surface area contributed by atoms with Gasteiger partial charge >= 0.3 is 0 Å². The van der Waals surface area contributed by atoms with Crippen LogP contribution in [0, 0.1) is 0 Å². The fourth-order valence-corrected chi connectivity index (χ4v) is 1.32. The van der Waals surface area contributed by atoms with Crippen molar-refractivity contribution in [2.45, 2.75) is 0 Å². The molecular formula is C12H11Br. The quantitative estimate of drug-likeness (QED) is 0.688. The molecule has 0 amide bonds. The van der Waals surface area contributed by atoms with E-state index < -0.39 is 0 Å². The van der Waals surface area contributed by atoms with Crippen LogP contribution in [0.15, 0.2) is 60.1 Å². The summed E-state index contributed by atoms with van der Waals surface area (Å²) in [5.74, 6) is 0. The van der Waals surface area contributed by atoms with Gasteiger partial charge in [0.1, 0.15) is 0 Å². The summed E-state index contributed by atoms with van der Waals surface area (Å²) in [6, 6.07) is 8.10. The number of hydrogen-bond acceptors (Lipinski definition) is 0. The van der Waals surface area contributed by atoms with Crippen LogP contribution in [-0.2, 0) is 0 Å². The van der Waals surface area contributed by atoms with Gasteiger partial charge in [-0.1, -0.05) is 59.4 Å². The Hall–Kier alpha value is -1.08. The average Bonchev–Trinajstić information content (AvgIpc) is 2.16. The molecule has 0 saturated heterocycles. The van der Waals surface area contributed by atoms with Crippen LogP contribution in [-0.4, -0.2) is 0 Å². The molecule has 0 unspecified atom stereocenters. The smallest absolute Gasteiger partial charge is 0.0175 e. The van der Waals surface area contributed by atoms with Crippen molar-refractivity contribution in [3.8, 4) is 0 Å². The van der Waals surface area contributed by atoms with Crippen molar-refractivity contribution < 1.29 is 0 Å². The molecule has 1 rings (SSSR count). The Bertz CT molecular complexity index is 331. The number of allylic oxidation sites excluding steroid dienone is 4. The molecule has 0 aromatic heterocycles. The van der Waals surface area contributed by atoms with Gasteiger partial charge in [-0.15, -0.1) is 0 Å². The first-order chi connectivity index (χ1) is 6.27. The lowest BCUT2D eigenvalue weighted by Crippen LogP contribution is -1.78. The molecule has 1 aromatic rings. The van der Waals surface area contributed by atoms with Crippen molar-refractivity contribution in [3.05, 3.63) is 65.7 Å². The highest BCUT2D eigenvalue weighted by Gasteiger charge is 1.94. The van der Waals surface area contributed by atoms with E-state index in [-0.39, 0.29) is 0 Å². The van der Waals surface area contributed by atoms with Crippen LogP contribution >= 0.6 is 15.9 Å². The lowest BCUT2D eigenvalue weighted by Gasteiger charge is -2.00. The first-order valence-corrected chi connectivity index (χ1v) is 4.78. The Labute approximate surface area is 87.4 Å². The molecule has 0 N–H and O–H groups in total. The largest absolute Gasteiger partial charge is 0.0990 e. The second-order valence-electron chi connectivity index (χ2n) is 2.57. The van der Waals surface area contributed by atoms with Crippen LogP contribution < -0.4 is 0 Å². The summed E-state index contributed by atoms with van der Waals surface area (Å²) in [4.78, 5) is 0. The van der Waals surface area contributed by atoms with Gasteiger partial charge in [-0.3, -0.25) is 0 Å². The van der Waals surface area contributed by atoms with Crippen molar-refractivity contribution in [2.24, 2.45) is 0 Å². The SMILES string of the molecule is C=C/C=C(\C=C)c1ccc(Br)cc1. The normalized spacial score (nSPS) is 11.0. The Balaban J connectivity index is 3.06. The van der Waals surface area contributed by atoms with Gasteiger partial charge in [-0.25, -0.2) is 0 Å². The average molecular weight is 235 g/mol. The second-order valence-corrected chi connectivity index (χ2v) is 3.48. The first-order valence-electron chi connectivity index (χ1n) is 3.99. The van der Waals surface area contributed by atoms with E-state index in [0.717, 1.165) is 15.6 Å². The van der Waals surface area contributed by atoms with Crippen LogP contribution in [0.4, 0.5) is 0 Å². The summed E-state index contributed by atoms with van der Waals surface area (Å²) in [6.07, 6.45) is 5.53. The third-order valence-electron chi connectivity index (χ3n) is 1.69. The van der Waals surface area contributed by atoms with Gasteiger partial charge < -0.3 is 0 Å². The van der Waals surface area contributed by atoms with Gasteiger partial charge in [0.15, 0.2) is 0 Å². The molecule has 0 aliphatic heterocycles. The zero-order valence-corrected chi connectivity index (χ0v) is 8.92. The van der Waals surface area contributed by atoms with Crippen molar-refractivity contribution in [1.82, 2.24) is 0 Å². The van der Waals surface area contributed by atoms with E-state index in [4.69, 9.17) is 0 Å². The number of rotatable bonds is 3. The molecule has 0 aliphatic rings. The standard InChI is InChI=1S/C12H11Br/c1-3-5-10(4-2)11-6-8-12(13)9-7-11/h3-9H,1-2H2/b10-5+. The summed E-state index contributed by atoms with van der Waals surface area (Å²) < 4.78 is 1.08. The molecule has 0 spiro atoms. The summed E-state index contributed by atoms with van der Waals surface area (Å²) in [6.45, 7) is 7.41. The maximum absolute atomic E-state index is 3.75. The molecule has 0 heterocycles.